The van der Waals surface area contributed by atoms with Crippen LogP contribution in [0.15, 0.2) is 24.5 Å². The van der Waals surface area contributed by atoms with Gasteiger partial charge in [0.2, 0.25) is 16.0 Å². The van der Waals surface area contributed by atoms with Crippen LogP contribution in [0.3, 0.4) is 0 Å². The Balaban J connectivity index is 1.45. The van der Waals surface area contributed by atoms with Crippen LogP contribution >= 0.6 is 11.3 Å². The maximum Gasteiger partial charge on any atom is 0.220 e. The normalized spacial score (nSPS) is 15.8. The SMILES string of the molecule is CC(C)(C)c1cn2nc(NCc3cccnc3N3CCC(C(N)=O)CC3)sc2n1. The molecule has 3 aromatic heterocycles. The summed E-state index contributed by atoms with van der Waals surface area (Å²) in [6, 6.07) is 4.02. The van der Waals surface area contributed by atoms with E-state index in [4.69, 9.17) is 10.7 Å². The number of fused-ring (bicyclic) bond motifs is 1. The molecule has 1 fully saturated rings. The van der Waals surface area contributed by atoms with E-state index in [1.807, 2.05) is 23.0 Å². The molecule has 1 saturated heterocycles. The van der Waals surface area contributed by atoms with Crippen molar-refractivity contribution in [3.05, 3.63) is 35.8 Å². The summed E-state index contributed by atoms with van der Waals surface area (Å²) in [5.41, 5.74) is 7.60. The molecule has 3 aromatic rings. The molecule has 0 atom stereocenters. The van der Waals surface area contributed by atoms with Crippen LogP contribution in [0.25, 0.3) is 4.96 Å². The fourth-order valence-corrected chi connectivity index (χ4v) is 4.31. The van der Waals surface area contributed by atoms with E-state index in [0.717, 1.165) is 53.1 Å². The molecule has 0 bridgehead atoms. The summed E-state index contributed by atoms with van der Waals surface area (Å²) >= 11 is 1.54. The number of carbonyl (C=O) groups is 1. The first kappa shape index (κ1) is 19.6. The number of imidazole rings is 1. The monoisotopic (exact) mass is 413 g/mol. The highest BCUT2D eigenvalue weighted by atomic mass is 32.1. The van der Waals surface area contributed by atoms with Gasteiger partial charge in [-0.1, -0.05) is 38.2 Å². The van der Waals surface area contributed by atoms with Gasteiger partial charge in [0.05, 0.1) is 11.9 Å². The number of hydrogen-bond donors (Lipinski definition) is 2. The van der Waals surface area contributed by atoms with E-state index in [2.05, 4.69) is 47.1 Å². The number of carbonyl (C=O) groups excluding carboxylic acids is 1. The zero-order valence-corrected chi connectivity index (χ0v) is 17.9. The lowest BCUT2D eigenvalue weighted by atomic mass is 9.93. The predicted molar refractivity (Wildman–Crippen MR) is 115 cm³/mol. The third-order valence-corrected chi connectivity index (χ3v) is 6.19. The first-order chi connectivity index (χ1) is 13.8. The number of nitrogens with one attached hydrogen (secondary N) is 1. The number of hydrogen-bond acceptors (Lipinski definition) is 7. The van der Waals surface area contributed by atoms with Gasteiger partial charge in [0.25, 0.3) is 0 Å². The molecule has 0 unspecified atom stereocenters. The molecule has 0 spiro atoms. The number of pyridine rings is 1. The second-order valence-electron chi connectivity index (χ2n) is 8.51. The third-order valence-electron chi connectivity index (χ3n) is 5.31. The molecule has 8 nitrogen and oxygen atoms in total. The molecule has 1 aliphatic rings. The fourth-order valence-electron chi connectivity index (χ4n) is 3.53. The molecule has 3 N–H and O–H groups in total. The number of rotatable bonds is 5. The van der Waals surface area contributed by atoms with Crippen LogP contribution in [0.2, 0.25) is 0 Å². The molecule has 154 valence electrons. The van der Waals surface area contributed by atoms with Gasteiger partial charge >= 0.3 is 0 Å². The molecule has 0 aromatic carbocycles. The van der Waals surface area contributed by atoms with E-state index in [1.165, 1.54) is 0 Å². The van der Waals surface area contributed by atoms with Gasteiger partial charge in [-0.3, -0.25) is 4.79 Å². The minimum atomic E-state index is -0.198. The lowest BCUT2D eigenvalue weighted by molar-refractivity contribution is -0.122. The number of piperidine rings is 1. The van der Waals surface area contributed by atoms with Crippen LogP contribution in [0.1, 0.15) is 44.9 Å². The molecule has 4 rings (SSSR count). The van der Waals surface area contributed by atoms with Gasteiger partial charge in [-0.15, -0.1) is 5.10 Å². The summed E-state index contributed by atoms with van der Waals surface area (Å²) in [6.45, 7) is 8.65. The third kappa shape index (κ3) is 4.19. The summed E-state index contributed by atoms with van der Waals surface area (Å²) in [7, 11) is 0. The zero-order chi connectivity index (χ0) is 20.6. The van der Waals surface area contributed by atoms with Crippen LogP contribution in [0, 0.1) is 5.92 Å². The number of anilines is 2. The van der Waals surface area contributed by atoms with Crippen molar-refractivity contribution >= 4 is 33.2 Å². The summed E-state index contributed by atoms with van der Waals surface area (Å²) < 4.78 is 1.84. The Labute approximate surface area is 174 Å². The summed E-state index contributed by atoms with van der Waals surface area (Å²) in [6.07, 6.45) is 5.36. The Morgan fingerprint density at radius 2 is 2.10 bits per heavy atom. The highest BCUT2D eigenvalue weighted by molar-refractivity contribution is 7.20. The lowest BCUT2D eigenvalue weighted by Crippen LogP contribution is -2.39. The van der Waals surface area contributed by atoms with Gasteiger partial charge in [-0.2, -0.15) is 0 Å². The smallest absolute Gasteiger partial charge is 0.220 e. The van der Waals surface area contributed by atoms with Gasteiger partial charge in [-0.25, -0.2) is 14.5 Å². The highest BCUT2D eigenvalue weighted by Crippen LogP contribution is 2.28. The topological polar surface area (TPSA) is 101 Å². The van der Waals surface area contributed by atoms with E-state index < -0.39 is 0 Å². The molecule has 1 amide bonds. The van der Waals surface area contributed by atoms with Gasteiger partial charge < -0.3 is 16.0 Å². The quantitative estimate of drug-likeness (QED) is 0.667. The van der Waals surface area contributed by atoms with Crippen molar-refractivity contribution in [1.29, 1.82) is 0 Å². The highest BCUT2D eigenvalue weighted by Gasteiger charge is 2.25. The van der Waals surface area contributed by atoms with Gasteiger partial charge in [0, 0.05) is 42.7 Å². The minimum absolute atomic E-state index is 0.00753. The summed E-state index contributed by atoms with van der Waals surface area (Å²) in [4.78, 5) is 23.8. The largest absolute Gasteiger partial charge is 0.369 e. The Bertz CT molecular complexity index is 980. The van der Waals surface area contributed by atoms with Crippen LogP contribution in [-0.2, 0) is 16.8 Å². The number of aromatic nitrogens is 4. The molecule has 29 heavy (non-hydrogen) atoms. The molecule has 0 aliphatic carbocycles. The molecule has 0 radical (unpaired) electrons. The van der Waals surface area contributed by atoms with Crippen LogP contribution in [0.5, 0.6) is 0 Å². The average Bonchev–Trinajstić information content (AvgIpc) is 3.25. The van der Waals surface area contributed by atoms with Gasteiger partial charge in [0.1, 0.15) is 5.82 Å². The van der Waals surface area contributed by atoms with Gasteiger partial charge in [-0.05, 0) is 18.9 Å². The molecule has 4 heterocycles. The number of amides is 1. The Morgan fingerprint density at radius 3 is 2.76 bits per heavy atom. The average molecular weight is 414 g/mol. The predicted octanol–water partition coefficient (Wildman–Crippen LogP) is 2.80. The van der Waals surface area contributed by atoms with Crippen LogP contribution in [0.4, 0.5) is 10.9 Å². The standard InChI is InChI=1S/C20H27N7OS/c1-20(2,3)15-12-27-19(24-15)29-18(25-27)23-11-14-5-4-8-22-17(14)26-9-6-13(7-10-26)16(21)28/h4-5,8,12-13H,6-7,9-11H2,1-3H3,(H2,21,28)(H,23,25). The maximum atomic E-state index is 11.4. The summed E-state index contributed by atoms with van der Waals surface area (Å²) in [5, 5.41) is 8.85. The van der Waals surface area contributed by atoms with E-state index in [-0.39, 0.29) is 17.2 Å². The number of nitrogens with zero attached hydrogens (tertiary/aromatic N) is 5. The van der Waals surface area contributed by atoms with Crippen LogP contribution < -0.4 is 16.0 Å². The molecular weight excluding hydrogens is 386 g/mol. The minimum Gasteiger partial charge on any atom is -0.369 e. The van der Waals surface area contributed by atoms with Crippen molar-refractivity contribution in [3.8, 4) is 0 Å². The van der Waals surface area contributed by atoms with Crippen molar-refractivity contribution in [1.82, 2.24) is 19.6 Å². The molecular formula is C20H27N7OS. The second-order valence-corrected chi connectivity index (χ2v) is 9.47. The van der Waals surface area contributed by atoms with Crippen LogP contribution in [-0.4, -0.2) is 38.6 Å². The van der Waals surface area contributed by atoms with Crippen molar-refractivity contribution in [2.75, 3.05) is 23.3 Å². The van der Waals surface area contributed by atoms with E-state index in [9.17, 15) is 4.79 Å². The Hall–Kier alpha value is -2.68. The Morgan fingerprint density at radius 1 is 1.34 bits per heavy atom. The molecule has 1 aliphatic heterocycles. The maximum absolute atomic E-state index is 11.4. The number of nitrogens with two attached hydrogens (primary N) is 1. The summed E-state index contributed by atoms with van der Waals surface area (Å²) in [5.74, 6) is 0.733. The van der Waals surface area contributed by atoms with E-state index in [0.29, 0.717) is 6.54 Å². The van der Waals surface area contributed by atoms with Crippen molar-refractivity contribution in [2.45, 2.75) is 45.6 Å². The Kier molecular flexibility index (Phi) is 5.16. The van der Waals surface area contributed by atoms with Crippen molar-refractivity contribution in [3.63, 3.8) is 0 Å². The molecule has 0 saturated carbocycles. The fraction of sp³-hybridized carbons (Fsp3) is 0.500. The first-order valence-electron chi connectivity index (χ1n) is 9.90. The van der Waals surface area contributed by atoms with Gasteiger partial charge in [0.15, 0.2) is 0 Å². The van der Waals surface area contributed by atoms with Crippen molar-refractivity contribution in [2.24, 2.45) is 11.7 Å². The van der Waals surface area contributed by atoms with E-state index in [1.54, 1.807) is 11.3 Å². The number of primary amides is 1. The lowest BCUT2D eigenvalue weighted by Gasteiger charge is -2.32. The van der Waals surface area contributed by atoms with Crippen molar-refractivity contribution < 1.29 is 4.79 Å². The van der Waals surface area contributed by atoms with E-state index >= 15 is 0 Å². The second kappa shape index (κ2) is 7.62. The first-order valence-corrected chi connectivity index (χ1v) is 10.7. The zero-order valence-electron chi connectivity index (χ0n) is 17.1. The molecule has 9 heteroatoms.